The van der Waals surface area contributed by atoms with Gasteiger partial charge in [0, 0.05) is 6.42 Å². The number of ether oxygens (including phenoxy) is 2. The lowest BCUT2D eigenvalue weighted by Crippen LogP contribution is -2.62. The Kier molecular flexibility index (Phi) is 4.24. The highest BCUT2D eigenvalue weighted by Gasteiger charge is 2.55. The van der Waals surface area contributed by atoms with E-state index in [1.165, 1.54) is 6.42 Å². The van der Waals surface area contributed by atoms with Crippen LogP contribution in [-0.2, 0) is 14.3 Å². The van der Waals surface area contributed by atoms with Crippen LogP contribution < -0.4 is 0 Å². The number of rotatable bonds is 5. The molecule has 1 aliphatic carbocycles. The Labute approximate surface area is 117 Å². The van der Waals surface area contributed by atoms with E-state index < -0.39 is 0 Å². The molecule has 0 spiro atoms. The fraction of sp³-hybridized carbons (Fsp3) is 0.938. The quantitative estimate of drug-likeness (QED) is 0.561. The molecule has 3 unspecified atom stereocenters. The molecular formula is C16H28O3. The minimum absolute atomic E-state index is 0.0476. The van der Waals surface area contributed by atoms with Crippen LogP contribution >= 0.6 is 0 Å². The van der Waals surface area contributed by atoms with E-state index in [9.17, 15) is 4.79 Å². The van der Waals surface area contributed by atoms with Crippen molar-refractivity contribution in [2.45, 2.75) is 89.9 Å². The Morgan fingerprint density at radius 2 is 2.05 bits per heavy atom. The Bertz CT molecular complexity index is 337. The van der Waals surface area contributed by atoms with Gasteiger partial charge in [-0.25, -0.2) is 0 Å². The first-order valence-electron chi connectivity index (χ1n) is 7.77. The summed E-state index contributed by atoms with van der Waals surface area (Å²) in [4.78, 5) is 11.9. The van der Waals surface area contributed by atoms with Crippen molar-refractivity contribution in [1.82, 2.24) is 0 Å². The molecule has 3 nitrogen and oxygen atoms in total. The molecule has 3 atom stereocenters. The van der Waals surface area contributed by atoms with Crippen LogP contribution in [0.1, 0.15) is 72.6 Å². The van der Waals surface area contributed by atoms with Crippen molar-refractivity contribution < 1.29 is 14.3 Å². The number of unbranched alkanes of at least 4 members (excludes halogenated alkanes) is 2. The summed E-state index contributed by atoms with van der Waals surface area (Å²) in [5.41, 5.74) is -0.350. The minimum atomic E-state index is -0.279. The molecule has 2 aliphatic heterocycles. The first kappa shape index (κ1) is 14.8. The SMILES string of the molecule is CCCCCC(=O)OC1CC2CCC1(C)OC2(C)C. The highest BCUT2D eigenvalue weighted by Crippen LogP contribution is 2.50. The van der Waals surface area contributed by atoms with E-state index in [2.05, 4.69) is 27.7 Å². The van der Waals surface area contributed by atoms with Crippen LogP contribution in [0, 0.1) is 5.92 Å². The van der Waals surface area contributed by atoms with E-state index in [0.29, 0.717) is 12.3 Å². The predicted molar refractivity (Wildman–Crippen MR) is 74.9 cm³/mol. The van der Waals surface area contributed by atoms with Gasteiger partial charge in [0.1, 0.15) is 11.7 Å². The van der Waals surface area contributed by atoms with Gasteiger partial charge in [0.25, 0.3) is 0 Å². The smallest absolute Gasteiger partial charge is 0.306 e. The van der Waals surface area contributed by atoms with Crippen LogP contribution in [0.25, 0.3) is 0 Å². The summed E-state index contributed by atoms with van der Waals surface area (Å²) in [6, 6.07) is 0. The van der Waals surface area contributed by atoms with Crippen molar-refractivity contribution in [3.63, 3.8) is 0 Å². The molecular weight excluding hydrogens is 240 g/mol. The average Bonchev–Trinajstić information content (AvgIpc) is 2.30. The molecule has 1 saturated carbocycles. The molecule has 3 aliphatic rings. The zero-order valence-corrected chi connectivity index (χ0v) is 12.8. The van der Waals surface area contributed by atoms with Gasteiger partial charge in [-0.15, -0.1) is 0 Å². The number of hydrogen-bond acceptors (Lipinski definition) is 3. The molecule has 0 aromatic heterocycles. The van der Waals surface area contributed by atoms with Gasteiger partial charge in [-0.3, -0.25) is 4.79 Å². The summed E-state index contributed by atoms with van der Waals surface area (Å²) in [6.45, 7) is 8.57. The highest BCUT2D eigenvalue weighted by molar-refractivity contribution is 5.69. The molecule has 3 rings (SSSR count). The number of esters is 1. The van der Waals surface area contributed by atoms with Gasteiger partial charge in [0.05, 0.1) is 5.60 Å². The zero-order valence-electron chi connectivity index (χ0n) is 12.8. The fourth-order valence-corrected chi connectivity index (χ4v) is 3.59. The Morgan fingerprint density at radius 3 is 2.63 bits per heavy atom. The van der Waals surface area contributed by atoms with Gasteiger partial charge in [-0.2, -0.15) is 0 Å². The lowest BCUT2D eigenvalue weighted by molar-refractivity contribution is -0.278. The second kappa shape index (κ2) is 5.43. The average molecular weight is 268 g/mol. The summed E-state index contributed by atoms with van der Waals surface area (Å²) < 4.78 is 11.9. The van der Waals surface area contributed by atoms with E-state index in [4.69, 9.17) is 9.47 Å². The summed E-state index contributed by atoms with van der Waals surface area (Å²) in [5, 5.41) is 0. The molecule has 3 fully saturated rings. The van der Waals surface area contributed by atoms with Crippen molar-refractivity contribution in [3.8, 4) is 0 Å². The maximum Gasteiger partial charge on any atom is 0.306 e. The largest absolute Gasteiger partial charge is 0.459 e. The molecule has 2 bridgehead atoms. The molecule has 19 heavy (non-hydrogen) atoms. The number of fused-ring (bicyclic) bond motifs is 3. The second-order valence-electron chi connectivity index (χ2n) is 6.93. The molecule has 110 valence electrons. The molecule has 0 radical (unpaired) electrons. The van der Waals surface area contributed by atoms with Crippen LogP contribution in [0.15, 0.2) is 0 Å². The first-order valence-corrected chi connectivity index (χ1v) is 7.77. The topological polar surface area (TPSA) is 35.5 Å². The lowest BCUT2D eigenvalue weighted by Gasteiger charge is -2.57. The normalized spacial score (nSPS) is 36.2. The van der Waals surface area contributed by atoms with Crippen molar-refractivity contribution >= 4 is 5.97 Å². The molecule has 0 N–H and O–H groups in total. The summed E-state index contributed by atoms with van der Waals surface area (Å²) in [5.74, 6) is 0.469. The van der Waals surface area contributed by atoms with Crippen LogP contribution in [0.3, 0.4) is 0 Å². The molecule has 0 aromatic carbocycles. The van der Waals surface area contributed by atoms with E-state index in [1.807, 2.05) is 0 Å². The molecule has 3 heteroatoms. The standard InChI is InChI=1S/C16H28O3/c1-5-6-7-8-14(17)18-13-11-12-9-10-16(13,4)19-15(12,2)3/h12-13H,5-11H2,1-4H3. The van der Waals surface area contributed by atoms with Crippen molar-refractivity contribution in [1.29, 1.82) is 0 Å². The predicted octanol–water partition coefficient (Wildman–Crippen LogP) is 3.85. The van der Waals surface area contributed by atoms with Crippen molar-refractivity contribution in [2.75, 3.05) is 0 Å². The Hall–Kier alpha value is -0.570. The molecule has 0 amide bonds. The van der Waals surface area contributed by atoms with Crippen molar-refractivity contribution in [3.05, 3.63) is 0 Å². The summed E-state index contributed by atoms with van der Waals surface area (Å²) >= 11 is 0. The van der Waals surface area contributed by atoms with E-state index in [-0.39, 0.29) is 23.3 Å². The van der Waals surface area contributed by atoms with Crippen LogP contribution in [-0.4, -0.2) is 23.3 Å². The van der Waals surface area contributed by atoms with Crippen molar-refractivity contribution in [2.24, 2.45) is 5.92 Å². The van der Waals surface area contributed by atoms with Crippen LogP contribution in [0.4, 0.5) is 0 Å². The lowest BCUT2D eigenvalue weighted by atomic mass is 9.67. The number of hydrogen-bond donors (Lipinski definition) is 0. The second-order valence-corrected chi connectivity index (χ2v) is 6.93. The van der Waals surface area contributed by atoms with Gasteiger partial charge >= 0.3 is 5.97 Å². The van der Waals surface area contributed by atoms with Crippen LogP contribution in [0.2, 0.25) is 0 Å². The Morgan fingerprint density at radius 1 is 1.32 bits per heavy atom. The third-order valence-corrected chi connectivity index (χ3v) is 4.91. The fourth-order valence-electron chi connectivity index (χ4n) is 3.59. The maximum atomic E-state index is 11.9. The van der Waals surface area contributed by atoms with Gasteiger partial charge in [-0.1, -0.05) is 19.8 Å². The van der Waals surface area contributed by atoms with Gasteiger partial charge in [-0.05, 0) is 52.4 Å². The first-order chi connectivity index (χ1) is 8.87. The third-order valence-electron chi connectivity index (χ3n) is 4.91. The van der Waals surface area contributed by atoms with E-state index in [1.54, 1.807) is 0 Å². The van der Waals surface area contributed by atoms with Gasteiger partial charge in [0.15, 0.2) is 0 Å². The minimum Gasteiger partial charge on any atom is -0.459 e. The maximum absolute atomic E-state index is 11.9. The summed E-state index contributed by atoms with van der Waals surface area (Å²) in [6.07, 6.45) is 6.83. The highest BCUT2D eigenvalue weighted by atomic mass is 16.6. The molecule has 2 heterocycles. The Balaban J connectivity index is 1.90. The van der Waals surface area contributed by atoms with Gasteiger partial charge < -0.3 is 9.47 Å². The van der Waals surface area contributed by atoms with E-state index in [0.717, 1.165) is 32.1 Å². The number of carbonyl (C=O) groups is 1. The zero-order chi connectivity index (χ0) is 14.1. The third kappa shape index (κ3) is 3.13. The van der Waals surface area contributed by atoms with Crippen LogP contribution in [0.5, 0.6) is 0 Å². The monoisotopic (exact) mass is 268 g/mol. The van der Waals surface area contributed by atoms with E-state index >= 15 is 0 Å². The summed E-state index contributed by atoms with van der Waals surface area (Å²) in [7, 11) is 0. The molecule has 2 saturated heterocycles. The number of carbonyl (C=O) groups excluding carboxylic acids is 1. The molecule has 0 aromatic rings. The van der Waals surface area contributed by atoms with Gasteiger partial charge in [0.2, 0.25) is 0 Å².